The third-order valence-electron chi connectivity index (χ3n) is 1.48. The quantitative estimate of drug-likeness (QED) is 0.155. The Labute approximate surface area is 68.0 Å². The standard InChI is InChI=1S/C7H18N4/c1-2-3-4-5-6-10-7(8)11-9/h2-6,9H2,1H3,(H3,8,10,11). The largest absolute Gasteiger partial charge is 0.356 e. The number of nitrogens with two attached hydrogens (primary N) is 1. The van der Waals surface area contributed by atoms with Gasteiger partial charge in [-0.25, -0.2) is 5.84 Å². The number of rotatable bonds is 5. The summed E-state index contributed by atoms with van der Waals surface area (Å²) in [6, 6.07) is 0. The molecule has 0 atom stereocenters. The second-order valence-electron chi connectivity index (χ2n) is 2.51. The molecule has 4 heteroatoms. The van der Waals surface area contributed by atoms with Crippen molar-refractivity contribution in [2.45, 2.75) is 32.6 Å². The van der Waals surface area contributed by atoms with Crippen LogP contribution >= 0.6 is 0 Å². The van der Waals surface area contributed by atoms with E-state index < -0.39 is 0 Å². The molecule has 0 aromatic carbocycles. The Morgan fingerprint density at radius 2 is 2.09 bits per heavy atom. The molecule has 0 aromatic heterocycles. The van der Waals surface area contributed by atoms with E-state index in [4.69, 9.17) is 11.3 Å². The van der Waals surface area contributed by atoms with Gasteiger partial charge in [0.25, 0.3) is 0 Å². The predicted molar refractivity (Wildman–Crippen MR) is 47.2 cm³/mol. The second kappa shape index (κ2) is 7.34. The van der Waals surface area contributed by atoms with Crippen molar-refractivity contribution in [3.8, 4) is 0 Å². The summed E-state index contributed by atoms with van der Waals surface area (Å²) in [7, 11) is 0. The minimum Gasteiger partial charge on any atom is -0.356 e. The van der Waals surface area contributed by atoms with Crippen molar-refractivity contribution in [2.75, 3.05) is 6.54 Å². The minimum atomic E-state index is 0.196. The van der Waals surface area contributed by atoms with Crippen LogP contribution in [0.25, 0.3) is 0 Å². The van der Waals surface area contributed by atoms with Crippen LogP contribution < -0.4 is 16.6 Å². The van der Waals surface area contributed by atoms with Crippen molar-refractivity contribution >= 4 is 5.96 Å². The van der Waals surface area contributed by atoms with E-state index in [0.717, 1.165) is 13.0 Å². The van der Waals surface area contributed by atoms with Crippen LogP contribution in [0, 0.1) is 5.41 Å². The summed E-state index contributed by atoms with van der Waals surface area (Å²) in [5.41, 5.74) is 2.23. The van der Waals surface area contributed by atoms with E-state index in [2.05, 4.69) is 17.7 Å². The highest BCUT2D eigenvalue weighted by atomic mass is 15.3. The van der Waals surface area contributed by atoms with Gasteiger partial charge >= 0.3 is 0 Å². The number of unbranched alkanes of at least 4 members (excludes halogenated alkanes) is 3. The zero-order valence-corrected chi connectivity index (χ0v) is 7.11. The summed E-state index contributed by atoms with van der Waals surface area (Å²) in [6.07, 6.45) is 4.84. The van der Waals surface area contributed by atoms with Crippen molar-refractivity contribution in [3.05, 3.63) is 0 Å². The van der Waals surface area contributed by atoms with E-state index in [9.17, 15) is 0 Å². The van der Waals surface area contributed by atoms with Gasteiger partial charge < -0.3 is 5.32 Å². The molecule has 0 heterocycles. The maximum absolute atomic E-state index is 7.07. The summed E-state index contributed by atoms with van der Waals surface area (Å²) < 4.78 is 0. The van der Waals surface area contributed by atoms with Crippen LogP contribution in [0.3, 0.4) is 0 Å². The van der Waals surface area contributed by atoms with E-state index in [1.54, 1.807) is 0 Å². The van der Waals surface area contributed by atoms with Crippen LogP contribution in [-0.4, -0.2) is 12.5 Å². The molecule has 0 spiro atoms. The van der Waals surface area contributed by atoms with Crippen LogP contribution in [0.5, 0.6) is 0 Å². The topological polar surface area (TPSA) is 73.9 Å². The lowest BCUT2D eigenvalue weighted by Gasteiger charge is -2.05. The highest BCUT2D eigenvalue weighted by Gasteiger charge is 1.89. The predicted octanol–water partition coefficient (Wildman–Crippen LogP) is 0.554. The van der Waals surface area contributed by atoms with E-state index in [1.165, 1.54) is 19.3 Å². The number of hydrogen-bond donors (Lipinski definition) is 4. The normalized spacial score (nSPS) is 9.27. The molecular weight excluding hydrogens is 140 g/mol. The van der Waals surface area contributed by atoms with E-state index in [1.807, 2.05) is 0 Å². The summed E-state index contributed by atoms with van der Waals surface area (Å²) in [5.74, 6) is 5.17. The fourth-order valence-corrected chi connectivity index (χ4v) is 0.816. The Bertz CT molecular complexity index is 103. The first-order valence-corrected chi connectivity index (χ1v) is 4.10. The average Bonchev–Trinajstić information content (AvgIpc) is 2.04. The van der Waals surface area contributed by atoms with Crippen LogP contribution in [-0.2, 0) is 0 Å². The maximum atomic E-state index is 7.07. The molecule has 0 aliphatic carbocycles. The molecule has 0 bridgehead atoms. The number of nitrogens with one attached hydrogen (secondary N) is 3. The van der Waals surface area contributed by atoms with Crippen LogP contribution in [0.2, 0.25) is 0 Å². The number of hydrazine groups is 1. The molecule has 0 unspecified atom stereocenters. The number of guanidine groups is 1. The second-order valence-corrected chi connectivity index (χ2v) is 2.51. The van der Waals surface area contributed by atoms with Gasteiger partial charge in [0.05, 0.1) is 0 Å². The van der Waals surface area contributed by atoms with Gasteiger partial charge in [0.2, 0.25) is 5.96 Å². The molecule has 0 aliphatic rings. The fourth-order valence-electron chi connectivity index (χ4n) is 0.816. The smallest absolute Gasteiger partial charge is 0.202 e. The summed E-state index contributed by atoms with van der Waals surface area (Å²) >= 11 is 0. The van der Waals surface area contributed by atoms with E-state index >= 15 is 0 Å². The average molecular weight is 158 g/mol. The van der Waals surface area contributed by atoms with Crippen molar-refractivity contribution in [1.82, 2.24) is 10.7 Å². The zero-order chi connectivity index (χ0) is 8.53. The molecule has 0 fully saturated rings. The van der Waals surface area contributed by atoms with Crippen LogP contribution in [0.1, 0.15) is 32.6 Å². The molecule has 0 radical (unpaired) electrons. The third kappa shape index (κ3) is 7.12. The minimum absolute atomic E-state index is 0.196. The first kappa shape index (κ1) is 10.2. The summed E-state index contributed by atoms with van der Waals surface area (Å²) in [4.78, 5) is 0. The molecule has 66 valence electrons. The first-order valence-electron chi connectivity index (χ1n) is 4.10. The molecule has 0 saturated heterocycles. The lowest BCUT2D eigenvalue weighted by atomic mass is 10.2. The van der Waals surface area contributed by atoms with Gasteiger partial charge in [0, 0.05) is 6.54 Å². The zero-order valence-electron chi connectivity index (χ0n) is 7.11. The highest BCUT2D eigenvalue weighted by molar-refractivity contribution is 5.75. The van der Waals surface area contributed by atoms with Crippen molar-refractivity contribution in [3.63, 3.8) is 0 Å². The van der Waals surface area contributed by atoms with E-state index in [0.29, 0.717) is 0 Å². The summed E-state index contributed by atoms with van der Waals surface area (Å²) in [6.45, 7) is 3.01. The monoisotopic (exact) mass is 158 g/mol. The van der Waals surface area contributed by atoms with Crippen molar-refractivity contribution < 1.29 is 0 Å². The maximum Gasteiger partial charge on any atom is 0.202 e. The summed E-state index contributed by atoms with van der Waals surface area (Å²) in [5, 5.41) is 9.91. The number of hydrogen-bond acceptors (Lipinski definition) is 2. The SMILES string of the molecule is CCCCCCNC(=N)NN. The van der Waals surface area contributed by atoms with Crippen molar-refractivity contribution in [1.29, 1.82) is 5.41 Å². The molecule has 0 saturated carbocycles. The van der Waals surface area contributed by atoms with E-state index in [-0.39, 0.29) is 5.96 Å². The Balaban J connectivity index is 2.95. The van der Waals surface area contributed by atoms with Gasteiger partial charge in [-0.15, -0.1) is 0 Å². The molecule has 5 N–H and O–H groups in total. The molecule has 0 rings (SSSR count). The Hall–Kier alpha value is -0.770. The van der Waals surface area contributed by atoms with Crippen LogP contribution in [0.15, 0.2) is 0 Å². The lowest BCUT2D eigenvalue weighted by molar-refractivity contribution is 0.647. The molecule has 0 aromatic rings. The van der Waals surface area contributed by atoms with Gasteiger partial charge in [-0.3, -0.25) is 10.8 Å². The van der Waals surface area contributed by atoms with Gasteiger partial charge in [-0.05, 0) is 6.42 Å². The van der Waals surface area contributed by atoms with Gasteiger partial charge in [-0.1, -0.05) is 26.2 Å². The van der Waals surface area contributed by atoms with Gasteiger partial charge in [0.1, 0.15) is 0 Å². The Morgan fingerprint density at radius 1 is 1.36 bits per heavy atom. The molecule has 4 nitrogen and oxygen atoms in total. The molecule has 0 aliphatic heterocycles. The Kier molecular flexibility index (Phi) is 6.82. The lowest BCUT2D eigenvalue weighted by Crippen LogP contribution is -2.40. The first-order chi connectivity index (χ1) is 5.31. The van der Waals surface area contributed by atoms with Gasteiger partial charge in [-0.2, -0.15) is 0 Å². The van der Waals surface area contributed by atoms with Crippen LogP contribution in [0.4, 0.5) is 0 Å². The Morgan fingerprint density at radius 3 is 2.64 bits per heavy atom. The third-order valence-corrected chi connectivity index (χ3v) is 1.48. The molecule has 0 amide bonds. The van der Waals surface area contributed by atoms with Crippen molar-refractivity contribution in [2.24, 2.45) is 5.84 Å². The highest BCUT2D eigenvalue weighted by Crippen LogP contribution is 1.96. The molecular formula is C7H18N4. The fraction of sp³-hybridized carbons (Fsp3) is 0.857. The van der Waals surface area contributed by atoms with Gasteiger partial charge in [0.15, 0.2) is 0 Å². The molecule has 11 heavy (non-hydrogen) atoms.